The predicted molar refractivity (Wildman–Crippen MR) is 94.3 cm³/mol. The van der Waals surface area contributed by atoms with Crippen LogP contribution in [0.5, 0.6) is 5.75 Å². The van der Waals surface area contributed by atoms with Crippen LogP contribution in [0, 0.1) is 20.8 Å². The molecular formula is C18H25N5O2. The summed E-state index contributed by atoms with van der Waals surface area (Å²) in [7, 11) is 0. The van der Waals surface area contributed by atoms with Gasteiger partial charge in [-0.1, -0.05) is 0 Å². The number of H-pyrrole nitrogens is 1. The fraction of sp³-hybridized carbons (Fsp3) is 0.500. The number of amides is 1. The van der Waals surface area contributed by atoms with E-state index < -0.39 is 5.60 Å². The van der Waals surface area contributed by atoms with E-state index in [1.165, 1.54) is 0 Å². The van der Waals surface area contributed by atoms with Gasteiger partial charge in [-0.3, -0.25) is 14.9 Å². The van der Waals surface area contributed by atoms with Crippen LogP contribution in [0.25, 0.3) is 0 Å². The van der Waals surface area contributed by atoms with Crippen molar-refractivity contribution in [2.24, 2.45) is 0 Å². The van der Waals surface area contributed by atoms with Gasteiger partial charge < -0.3 is 15.4 Å². The predicted octanol–water partition coefficient (Wildman–Crippen LogP) is 1.55. The van der Waals surface area contributed by atoms with Crippen LogP contribution in [0.1, 0.15) is 35.5 Å². The standard InChI is InChI=1S/C18H25N5O2/c1-12-15(13(2)23-22-12)11-21-17(24)18(6-9-19-10-7-18)25-16-5-4-8-20-14(16)3/h4-5,8,19H,6-7,9-11H2,1-3H3,(H,21,24)(H,22,23). The molecule has 1 saturated heterocycles. The number of pyridine rings is 1. The average molecular weight is 343 g/mol. The molecule has 1 aliphatic heterocycles. The minimum absolute atomic E-state index is 0.0859. The van der Waals surface area contributed by atoms with Crippen LogP contribution in [-0.4, -0.2) is 39.8 Å². The van der Waals surface area contributed by atoms with E-state index in [1.807, 2.05) is 32.9 Å². The number of hydrogen-bond donors (Lipinski definition) is 3. The lowest BCUT2D eigenvalue weighted by Gasteiger charge is -2.36. The summed E-state index contributed by atoms with van der Waals surface area (Å²) in [4.78, 5) is 17.3. The van der Waals surface area contributed by atoms with Crippen molar-refractivity contribution in [3.63, 3.8) is 0 Å². The van der Waals surface area contributed by atoms with E-state index in [1.54, 1.807) is 6.20 Å². The Labute approximate surface area is 147 Å². The molecule has 0 radical (unpaired) electrons. The number of rotatable bonds is 5. The molecule has 1 amide bonds. The Hall–Kier alpha value is -2.41. The summed E-state index contributed by atoms with van der Waals surface area (Å²) in [5, 5.41) is 13.5. The Balaban J connectivity index is 1.77. The molecule has 2 aromatic rings. The van der Waals surface area contributed by atoms with Crippen molar-refractivity contribution in [1.82, 2.24) is 25.8 Å². The molecule has 0 atom stereocenters. The van der Waals surface area contributed by atoms with Gasteiger partial charge in [0.05, 0.1) is 11.4 Å². The first-order valence-corrected chi connectivity index (χ1v) is 8.62. The maximum atomic E-state index is 13.0. The molecule has 0 aliphatic carbocycles. The van der Waals surface area contributed by atoms with Crippen LogP contribution in [0.15, 0.2) is 18.3 Å². The van der Waals surface area contributed by atoms with Crippen LogP contribution < -0.4 is 15.4 Å². The largest absolute Gasteiger partial charge is 0.475 e. The lowest BCUT2D eigenvalue weighted by atomic mass is 9.90. The third kappa shape index (κ3) is 3.66. The molecule has 1 fully saturated rings. The molecule has 3 rings (SSSR count). The molecule has 2 aromatic heterocycles. The molecule has 0 unspecified atom stereocenters. The Morgan fingerprint density at radius 2 is 2.04 bits per heavy atom. The van der Waals surface area contributed by atoms with Crippen LogP contribution in [0.2, 0.25) is 0 Å². The van der Waals surface area contributed by atoms with Crippen LogP contribution >= 0.6 is 0 Å². The van der Waals surface area contributed by atoms with Crippen molar-refractivity contribution in [3.05, 3.63) is 41.0 Å². The van der Waals surface area contributed by atoms with Crippen molar-refractivity contribution in [2.75, 3.05) is 13.1 Å². The van der Waals surface area contributed by atoms with Crippen molar-refractivity contribution in [3.8, 4) is 5.75 Å². The molecular weight excluding hydrogens is 318 g/mol. The minimum Gasteiger partial charge on any atom is -0.475 e. The monoisotopic (exact) mass is 343 g/mol. The number of piperidine rings is 1. The van der Waals surface area contributed by atoms with E-state index in [4.69, 9.17) is 4.74 Å². The molecule has 1 aliphatic rings. The SMILES string of the molecule is Cc1ncccc1OC1(C(=O)NCc2c(C)n[nH]c2C)CCNCC1. The van der Waals surface area contributed by atoms with Gasteiger partial charge >= 0.3 is 0 Å². The van der Waals surface area contributed by atoms with Gasteiger partial charge in [-0.05, 0) is 46.0 Å². The van der Waals surface area contributed by atoms with Crippen molar-refractivity contribution < 1.29 is 9.53 Å². The first-order chi connectivity index (χ1) is 12.0. The summed E-state index contributed by atoms with van der Waals surface area (Å²) in [6, 6.07) is 3.69. The number of nitrogens with one attached hydrogen (secondary N) is 3. The highest BCUT2D eigenvalue weighted by molar-refractivity contribution is 5.85. The third-order valence-electron chi connectivity index (χ3n) is 4.80. The summed E-state index contributed by atoms with van der Waals surface area (Å²) in [5.41, 5.74) is 2.82. The lowest BCUT2D eigenvalue weighted by Crippen LogP contribution is -2.56. The summed E-state index contributed by atoms with van der Waals surface area (Å²) >= 11 is 0. The summed E-state index contributed by atoms with van der Waals surface area (Å²) in [5.74, 6) is 0.576. The van der Waals surface area contributed by atoms with Crippen molar-refractivity contribution in [1.29, 1.82) is 0 Å². The highest BCUT2D eigenvalue weighted by atomic mass is 16.5. The molecule has 0 spiro atoms. The molecule has 134 valence electrons. The van der Waals surface area contributed by atoms with E-state index in [9.17, 15) is 4.79 Å². The zero-order valence-corrected chi connectivity index (χ0v) is 15.0. The second-order valence-corrected chi connectivity index (χ2v) is 6.53. The molecule has 0 bridgehead atoms. The maximum absolute atomic E-state index is 13.0. The number of carbonyl (C=O) groups is 1. The zero-order valence-electron chi connectivity index (χ0n) is 15.0. The van der Waals surface area contributed by atoms with Gasteiger partial charge in [0.25, 0.3) is 5.91 Å². The maximum Gasteiger partial charge on any atom is 0.264 e. The van der Waals surface area contributed by atoms with E-state index in [2.05, 4.69) is 25.8 Å². The smallest absolute Gasteiger partial charge is 0.264 e. The molecule has 25 heavy (non-hydrogen) atoms. The number of nitrogens with zero attached hydrogens (tertiary/aromatic N) is 2. The molecule has 0 aromatic carbocycles. The second kappa shape index (κ2) is 7.23. The van der Waals surface area contributed by atoms with E-state index in [0.29, 0.717) is 25.1 Å². The number of aromatic nitrogens is 3. The molecule has 0 saturated carbocycles. The van der Waals surface area contributed by atoms with Gasteiger partial charge in [-0.25, -0.2) is 0 Å². The highest BCUT2D eigenvalue weighted by Gasteiger charge is 2.42. The minimum atomic E-state index is -0.870. The van der Waals surface area contributed by atoms with E-state index in [0.717, 1.165) is 35.7 Å². The molecule has 3 N–H and O–H groups in total. The number of ether oxygens (including phenoxy) is 1. The third-order valence-corrected chi connectivity index (χ3v) is 4.80. The number of carbonyl (C=O) groups excluding carboxylic acids is 1. The van der Waals surface area contributed by atoms with E-state index in [-0.39, 0.29) is 5.91 Å². The number of aryl methyl sites for hydroxylation is 3. The normalized spacial score (nSPS) is 16.4. The van der Waals surface area contributed by atoms with Gasteiger partial charge in [0.1, 0.15) is 5.75 Å². The number of hydrogen-bond acceptors (Lipinski definition) is 5. The van der Waals surface area contributed by atoms with Crippen molar-refractivity contribution >= 4 is 5.91 Å². The molecule has 3 heterocycles. The first kappa shape index (κ1) is 17.4. The number of aromatic amines is 1. The quantitative estimate of drug-likeness (QED) is 0.766. The van der Waals surface area contributed by atoms with Gasteiger partial charge in [-0.15, -0.1) is 0 Å². The lowest BCUT2D eigenvalue weighted by molar-refractivity contribution is -0.139. The van der Waals surface area contributed by atoms with Gasteiger partial charge in [-0.2, -0.15) is 5.10 Å². The van der Waals surface area contributed by atoms with E-state index >= 15 is 0 Å². The van der Waals surface area contributed by atoms with Gasteiger partial charge in [0.15, 0.2) is 5.60 Å². The zero-order chi connectivity index (χ0) is 17.9. The van der Waals surface area contributed by atoms with Crippen molar-refractivity contribution in [2.45, 2.75) is 45.8 Å². The average Bonchev–Trinajstić information content (AvgIpc) is 2.94. The summed E-state index contributed by atoms with van der Waals surface area (Å²) < 4.78 is 6.23. The topological polar surface area (TPSA) is 91.9 Å². The summed E-state index contributed by atoms with van der Waals surface area (Å²) in [6.07, 6.45) is 2.97. The summed E-state index contributed by atoms with van der Waals surface area (Å²) in [6.45, 7) is 7.71. The van der Waals surface area contributed by atoms with Gasteiger partial charge in [0, 0.05) is 36.8 Å². The fourth-order valence-electron chi connectivity index (χ4n) is 3.16. The Morgan fingerprint density at radius 1 is 1.28 bits per heavy atom. The molecule has 7 heteroatoms. The Morgan fingerprint density at radius 3 is 2.68 bits per heavy atom. The Bertz CT molecular complexity index is 730. The fourth-order valence-corrected chi connectivity index (χ4v) is 3.16. The van der Waals surface area contributed by atoms with Crippen LogP contribution in [0.4, 0.5) is 0 Å². The first-order valence-electron chi connectivity index (χ1n) is 8.62. The highest BCUT2D eigenvalue weighted by Crippen LogP contribution is 2.28. The van der Waals surface area contributed by atoms with Crippen LogP contribution in [-0.2, 0) is 11.3 Å². The van der Waals surface area contributed by atoms with Gasteiger partial charge in [0.2, 0.25) is 0 Å². The Kier molecular flexibility index (Phi) is 5.03. The van der Waals surface area contributed by atoms with Crippen LogP contribution in [0.3, 0.4) is 0 Å². The second-order valence-electron chi connectivity index (χ2n) is 6.53. The molecule has 7 nitrogen and oxygen atoms in total.